The van der Waals surface area contributed by atoms with E-state index < -0.39 is 11.8 Å². The van der Waals surface area contributed by atoms with Crippen molar-refractivity contribution in [1.82, 2.24) is 4.98 Å². The molecular formula is C19H15FN4O2S. The van der Waals surface area contributed by atoms with Crippen molar-refractivity contribution in [3.63, 3.8) is 0 Å². The van der Waals surface area contributed by atoms with Crippen LogP contribution in [0.3, 0.4) is 0 Å². The summed E-state index contributed by atoms with van der Waals surface area (Å²) in [5, 5.41) is 12.3. The predicted molar refractivity (Wildman–Crippen MR) is 102 cm³/mol. The van der Waals surface area contributed by atoms with E-state index in [4.69, 9.17) is 10.00 Å². The lowest BCUT2D eigenvalue weighted by Crippen LogP contribution is -2.35. The van der Waals surface area contributed by atoms with E-state index in [9.17, 15) is 9.18 Å². The number of ether oxygens (including phenoxy) is 1. The molecule has 0 radical (unpaired) electrons. The number of halogens is 1. The Bertz CT molecular complexity index is 956. The lowest BCUT2D eigenvalue weighted by molar-refractivity contribution is 0.257. The molecule has 136 valence electrons. The highest BCUT2D eigenvalue weighted by Gasteiger charge is 2.17. The monoisotopic (exact) mass is 382 g/mol. The third-order valence-electron chi connectivity index (χ3n) is 3.47. The minimum absolute atomic E-state index is 0.202. The third-order valence-corrected chi connectivity index (χ3v) is 4.26. The summed E-state index contributed by atoms with van der Waals surface area (Å²) in [5.74, 6) is -0.0574. The average molecular weight is 382 g/mol. The van der Waals surface area contributed by atoms with Gasteiger partial charge < -0.3 is 4.74 Å². The summed E-state index contributed by atoms with van der Waals surface area (Å²) in [5.41, 5.74) is 0.679. The van der Waals surface area contributed by atoms with Gasteiger partial charge in [-0.1, -0.05) is 35.6 Å². The van der Waals surface area contributed by atoms with E-state index in [-0.39, 0.29) is 13.0 Å². The SMILES string of the molecule is N#CCCN(C(=O)Nc1ncc(Oc2cccc(F)c2)s1)c1ccccc1. The molecule has 1 heterocycles. The second kappa shape index (κ2) is 8.78. The molecule has 0 unspecified atom stereocenters. The predicted octanol–water partition coefficient (Wildman–Crippen LogP) is 5.03. The Labute approximate surface area is 159 Å². The van der Waals surface area contributed by atoms with Crippen LogP contribution in [0, 0.1) is 17.1 Å². The number of nitrogens with one attached hydrogen (secondary N) is 1. The second-order valence-corrected chi connectivity index (χ2v) is 6.36. The fourth-order valence-corrected chi connectivity index (χ4v) is 2.97. The Kier molecular flexibility index (Phi) is 5.97. The highest BCUT2D eigenvalue weighted by molar-refractivity contribution is 7.17. The van der Waals surface area contributed by atoms with E-state index in [1.165, 1.54) is 23.2 Å². The highest BCUT2D eigenvalue weighted by atomic mass is 32.1. The molecule has 8 heteroatoms. The molecule has 0 aliphatic rings. The van der Waals surface area contributed by atoms with Crippen molar-refractivity contribution in [3.05, 3.63) is 66.6 Å². The number of thiazole rings is 1. The quantitative estimate of drug-likeness (QED) is 0.649. The van der Waals surface area contributed by atoms with Crippen LogP contribution in [0.5, 0.6) is 10.8 Å². The van der Waals surface area contributed by atoms with Crippen LogP contribution in [0.1, 0.15) is 6.42 Å². The second-order valence-electron chi connectivity index (χ2n) is 5.37. The van der Waals surface area contributed by atoms with Crippen LogP contribution in [0.15, 0.2) is 60.8 Å². The summed E-state index contributed by atoms with van der Waals surface area (Å²) in [6.07, 6.45) is 1.65. The summed E-state index contributed by atoms with van der Waals surface area (Å²) >= 11 is 1.12. The summed E-state index contributed by atoms with van der Waals surface area (Å²) in [7, 11) is 0. The average Bonchev–Trinajstić information content (AvgIpc) is 3.09. The number of hydrogen-bond donors (Lipinski definition) is 1. The number of rotatable bonds is 6. The number of nitriles is 1. The van der Waals surface area contributed by atoms with Crippen molar-refractivity contribution in [3.8, 4) is 16.9 Å². The van der Waals surface area contributed by atoms with Crippen LogP contribution in [-0.4, -0.2) is 17.6 Å². The molecule has 1 N–H and O–H groups in total. The smallest absolute Gasteiger partial charge is 0.328 e. The number of anilines is 2. The Morgan fingerprint density at radius 2 is 2.07 bits per heavy atom. The van der Waals surface area contributed by atoms with Gasteiger partial charge in [-0.15, -0.1) is 0 Å². The number of carbonyl (C=O) groups is 1. The van der Waals surface area contributed by atoms with Gasteiger partial charge in [0, 0.05) is 18.3 Å². The maximum absolute atomic E-state index is 13.2. The lowest BCUT2D eigenvalue weighted by atomic mass is 10.3. The Morgan fingerprint density at radius 1 is 1.26 bits per heavy atom. The van der Waals surface area contributed by atoms with E-state index in [1.807, 2.05) is 24.3 Å². The molecule has 2 amide bonds. The van der Waals surface area contributed by atoms with E-state index in [0.717, 1.165) is 11.3 Å². The minimum Gasteiger partial charge on any atom is -0.445 e. The van der Waals surface area contributed by atoms with Crippen LogP contribution < -0.4 is 15.0 Å². The van der Waals surface area contributed by atoms with E-state index in [1.54, 1.807) is 24.3 Å². The van der Waals surface area contributed by atoms with Gasteiger partial charge in [0.05, 0.1) is 18.7 Å². The minimum atomic E-state index is -0.401. The molecule has 0 saturated heterocycles. The van der Waals surface area contributed by atoms with Gasteiger partial charge in [-0.05, 0) is 24.3 Å². The van der Waals surface area contributed by atoms with Crippen LogP contribution in [-0.2, 0) is 0 Å². The molecular weight excluding hydrogens is 367 g/mol. The van der Waals surface area contributed by atoms with Gasteiger partial charge in [0.25, 0.3) is 0 Å². The fraction of sp³-hybridized carbons (Fsp3) is 0.105. The van der Waals surface area contributed by atoms with Gasteiger partial charge in [-0.2, -0.15) is 5.26 Å². The number of hydrogen-bond acceptors (Lipinski definition) is 5. The molecule has 0 saturated carbocycles. The van der Waals surface area contributed by atoms with Crippen molar-refractivity contribution in [2.24, 2.45) is 0 Å². The molecule has 0 aliphatic heterocycles. The van der Waals surface area contributed by atoms with Gasteiger partial charge >= 0.3 is 6.03 Å². The maximum Gasteiger partial charge on any atom is 0.328 e. The van der Waals surface area contributed by atoms with Crippen LogP contribution in [0.25, 0.3) is 0 Å². The number of para-hydroxylation sites is 1. The largest absolute Gasteiger partial charge is 0.445 e. The highest BCUT2D eigenvalue weighted by Crippen LogP contribution is 2.30. The molecule has 0 spiro atoms. The van der Waals surface area contributed by atoms with Crippen molar-refractivity contribution < 1.29 is 13.9 Å². The Morgan fingerprint density at radius 3 is 2.81 bits per heavy atom. The lowest BCUT2D eigenvalue weighted by Gasteiger charge is -2.21. The van der Waals surface area contributed by atoms with Gasteiger partial charge in [-0.3, -0.25) is 10.2 Å². The third kappa shape index (κ3) is 5.03. The standard InChI is InChI=1S/C19H15FN4O2S/c20-14-6-4-9-16(12-14)26-17-13-22-18(27-17)23-19(25)24(11-5-10-21)15-7-2-1-3-8-15/h1-4,6-9,12-13H,5,11H2,(H,22,23,25). The van der Waals surface area contributed by atoms with Crippen molar-refractivity contribution in [2.75, 3.05) is 16.8 Å². The molecule has 2 aromatic carbocycles. The summed E-state index contributed by atoms with van der Waals surface area (Å²) in [6.45, 7) is 0.254. The molecule has 0 aliphatic carbocycles. The van der Waals surface area contributed by atoms with Gasteiger partial charge in [0.1, 0.15) is 11.6 Å². The first-order chi connectivity index (χ1) is 13.2. The topological polar surface area (TPSA) is 78.3 Å². The van der Waals surface area contributed by atoms with E-state index in [2.05, 4.69) is 10.3 Å². The van der Waals surface area contributed by atoms with Crippen LogP contribution in [0.4, 0.5) is 20.0 Å². The molecule has 0 bridgehead atoms. The molecule has 0 fully saturated rings. The number of carbonyl (C=O) groups excluding carboxylic acids is 1. The van der Waals surface area contributed by atoms with Gasteiger partial charge in [0.15, 0.2) is 5.13 Å². The van der Waals surface area contributed by atoms with Crippen molar-refractivity contribution >= 4 is 28.2 Å². The van der Waals surface area contributed by atoms with E-state index in [0.29, 0.717) is 21.6 Å². The zero-order valence-electron chi connectivity index (χ0n) is 14.1. The van der Waals surface area contributed by atoms with Crippen molar-refractivity contribution in [1.29, 1.82) is 5.26 Å². The number of urea groups is 1. The molecule has 27 heavy (non-hydrogen) atoms. The van der Waals surface area contributed by atoms with Crippen molar-refractivity contribution in [2.45, 2.75) is 6.42 Å². The molecule has 3 rings (SSSR count). The Hall–Kier alpha value is -3.44. The molecule has 6 nitrogen and oxygen atoms in total. The zero-order valence-corrected chi connectivity index (χ0v) is 14.9. The fourth-order valence-electron chi connectivity index (χ4n) is 2.29. The summed E-state index contributed by atoms with van der Waals surface area (Å²) < 4.78 is 18.8. The number of aromatic nitrogens is 1. The first-order valence-electron chi connectivity index (χ1n) is 8.05. The number of benzene rings is 2. The van der Waals surface area contributed by atoms with Crippen LogP contribution in [0.2, 0.25) is 0 Å². The zero-order chi connectivity index (χ0) is 19.1. The number of amides is 2. The van der Waals surface area contributed by atoms with Crippen LogP contribution >= 0.6 is 11.3 Å². The normalized spacial score (nSPS) is 10.1. The number of nitrogens with zero attached hydrogens (tertiary/aromatic N) is 3. The molecule has 0 atom stereocenters. The first-order valence-corrected chi connectivity index (χ1v) is 8.87. The molecule has 3 aromatic rings. The summed E-state index contributed by atoms with van der Waals surface area (Å²) in [4.78, 5) is 18.2. The van der Waals surface area contributed by atoms with Gasteiger partial charge in [-0.25, -0.2) is 14.2 Å². The van der Waals surface area contributed by atoms with E-state index >= 15 is 0 Å². The maximum atomic E-state index is 13.2. The van der Waals surface area contributed by atoms with Gasteiger partial charge in [0.2, 0.25) is 5.06 Å². The first kappa shape index (κ1) is 18.4. The summed E-state index contributed by atoms with van der Waals surface area (Å²) in [6, 6.07) is 16.4. The molecule has 1 aromatic heterocycles. The Balaban J connectivity index is 1.69.